The minimum Gasteiger partial charge on any atom is -0.316 e. The lowest BCUT2D eigenvalue weighted by molar-refractivity contribution is 0.580. The van der Waals surface area contributed by atoms with Crippen LogP contribution in [0.4, 0.5) is 0 Å². The van der Waals surface area contributed by atoms with E-state index in [-0.39, 0.29) is 0 Å². The highest BCUT2D eigenvalue weighted by atomic mass is 32.2. The lowest BCUT2D eigenvalue weighted by Gasteiger charge is -2.04. The Bertz CT molecular complexity index is 258. The molecule has 15 heavy (non-hydrogen) atoms. The topological polar surface area (TPSA) is 46.2 Å². The second-order valence-electron chi connectivity index (χ2n) is 4.49. The van der Waals surface area contributed by atoms with Crippen LogP contribution in [0.15, 0.2) is 0 Å². The fourth-order valence-electron chi connectivity index (χ4n) is 1.69. The molecule has 90 valence electrons. The molecular weight excluding hydrogens is 210 g/mol. The molecule has 0 aliphatic heterocycles. The van der Waals surface area contributed by atoms with Crippen LogP contribution in [-0.4, -0.2) is 33.0 Å². The summed E-state index contributed by atoms with van der Waals surface area (Å²) in [6, 6.07) is 0. The first-order valence-electron chi connectivity index (χ1n) is 6.05. The minimum atomic E-state index is -2.79. The van der Waals surface area contributed by atoms with Crippen molar-refractivity contribution in [2.45, 2.75) is 39.0 Å². The van der Waals surface area contributed by atoms with Crippen LogP contribution in [0.25, 0.3) is 0 Å². The Kier molecular flexibility index (Phi) is 5.61. The highest BCUT2D eigenvalue weighted by Gasteiger charge is 2.19. The van der Waals surface area contributed by atoms with Crippen molar-refractivity contribution < 1.29 is 8.42 Å². The fraction of sp³-hybridized carbons (Fsp3) is 1.00. The van der Waals surface area contributed by atoms with Crippen molar-refractivity contribution in [3.8, 4) is 0 Å². The summed E-state index contributed by atoms with van der Waals surface area (Å²) in [5, 5.41) is 3.20. The van der Waals surface area contributed by atoms with Crippen molar-refractivity contribution in [1.29, 1.82) is 0 Å². The Balaban J connectivity index is 1.90. The summed E-state index contributed by atoms with van der Waals surface area (Å²) in [4.78, 5) is 0. The molecule has 0 aromatic carbocycles. The van der Waals surface area contributed by atoms with Gasteiger partial charge in [-0.15, -0.1) is 0 Å². The first-order valence-corrected chi connectivity index (χ1v) is 7.87. The molecule has 1 aliphatic rings. The quantitative estimate of drug-likeness (QED) is 0.615. The van der Waals surface area contributed by atoms with E-state index in [4.69, 9.17) is 0 Å². The lowest BCUT2D eigenvalue weighted by Crippen LogP contribution is -2.25. The SMILES string of the molecule is CCCS(=O)(=O)CCNCCCC1CC1. The molecule has 1 aliphatic carbocycles. The molecule has 0 aromatic rings. The van der Waals surface area contributed by atoms with E-state index in [0.717, 1.165) is 18.9 Å². The van der Waals surface area contributed by atoms with Crippen molar-refractivity contribution in [3.63, 3.8) is 0 Å². The maximum absolute atomic E-state index is 11.3. The molecule has 0 saturated heterocycles. The molecule has 0 spiro atoms. The molecule has 0 aromatic heterocycles. The van der Waals surface area contributed by atoms with Gasteiger partial charge in [0.25, 0.3) is 0 Å². The molecule has 0 radical (unpaired) electrons. The van der Waals surface area contributed by atoms with Gasteiger partial charge in [0.1, 0.15) is 0 Å². The Morgan fingerprint density at radius 3 is 2.53 bits per heavy atom. The fourth-order valence-corrected chi connectivity index (χ4v) is 2.97. The molecular formula is C11H23NO2S. The minimum absolute atomic E-state index is 0.296. The molecule has 3 nitrogen and oxygen atoms in total. The molecule has 0 amide bonds. The monoisotopic (exact) mass is 233 g/mol. The molecule has 1 saturated carbocycles. The van der Waals surface area contributed by atoms with E-state index >= 15 is 0 Å². The molecule has 1 rings (SSSR count). The van der Waals surface area contributed by atoms with Gasteiger partial charge >= 0.3 is 0 Å². The maximum atomic E-state index is 11.3. The number of nitrogens with one attached hydrogen (secondary N) is 1. The molecule has 1 N–H and O–H groups in total. The summed E-state index contributed by atoms with van der Waals surface area (Å²) >= 11 is 0. The summed E-state index contributed by atoms with van der Waals surface area (Å²) in [6.45, 7) is 3.49. The van der Waals surface area contributed by atoms with Gasteiger partial charge in [-0.2, -0.15) is 0 Å². The van der Waals surface area contributed by atoms with Crippen molar-refractivity contribution in [2.24, 2.45) is 5.92 Å². The van der Waals surface area contributed by atoms with E-state index in [2.05, 4.69) is 5.32 Å². The smallest absolute Gasteiger partial charge is 0.151 e. The van der Waals surface area contributed by atoms with E-state index < -0.39 is 9.84 Å². The van der Waals surface area contributed by atoms with E-state index in [1.807, 2.05) is 6.92 Å². The van der Waals surface area contributed by atoms with Gasteiger partial charge < -0.3 is 5.32 Å². The predicted molar refractivity (Wildman–Crippen MR) is 63.8 cm³/mol. The van der Waals surface area contributed by atoms with Crippen LogP contribution in [-0.2, 0) is 9.84 Å². The Morgan fingerprint density at radius 2 is 1.93 bits per heavy atom. The Morgan fingerprint density at radius 1 is 1.20 bits per heavy atom. The van der Waals surface area contributed by atoms with E-state index in [0.29, 0.717) is 18.1 Å². The summed E-state index contributed by atoms with van der Waals surface area (Å²) in [6.07, 6.45) is 6.05. The Labute approximate surface area is 93.6 Å². The molecule has 4 heteroatoms. The van der Waals surface area contributed by atoms with Crippen LogP contribution in [0.1, 0.15) is 39.0 Å². The maximum Gasteiger partial charge on any atom is 0.151 e. The zero-order valence-electron chi connectivity index (χ0n) is 9.67. The van der Waals surface area contributed by atoms with Crippen LogP contribution < -0.4 is 5.32 Å². The van der Waals surface area contributed by atoms with E-state index in [1.165, 1.54) is 25.7 Å². The molecule has 0 heterocycles. The van der Waals surface area contributed by atoms with Gasteiger partial charge in [-0.3, -0.25) is 0 Å². The number of hydrogen-bond acceptors (Lipinski definition) is 3. The van der Waals surface area contributed by atoms with Gasteiger partial charge in [-0.05, 0) is 31.7 Å². The van der Waals surface area contributed by atoms with Crippen molar-refractivity contribution in [3.05, 3.63) is 0 Å². The second-order valence-corrected chi connectivity index (χ2v) is 6.79. The van der Waals surface area contributed by atoms with E-state index in [1.54, 1.807) is 0 Å². The van der Waals surface area contributed by atoms with Gasteiger partial charge in [0.2, 0.25) is 0 Å². The van der Waals surface area contributed by atoms with Crippen LogP contribution >= 0.6 is 0 Å². The highest BCUT2D eigenvalue weighted by Crippen LogP contribution is 2.33. The molecule has 0 atom stereocenters. The first-order chi connectivity index (χ1) is 7.14. The van der Waals surface area contributed by atoms with Gasteiger partial charge in [-0.25, -0.2) is 8.42 Å². The van der Waals surface area contributed by atoms with Crippen LogP contribution in [0.5, 0.6) is 0 Å². The summed E-state index contributed by atoms with van der Waals surface area (Å²) in [5.74, 6) is 1.61. The van der Waals surface area contributed by atoms with Gasteiger partial charge in [-0.1, -0.05) is 19.8 Å². The zero-order valence-corrected chi connectivity index (χ0v) is 10.5. The predicted octanol–water partition coefficient (Wildman–Crippen LogP) is 1.59. The van der Waals surface area contributed by atoms with Gasteiger partial charge in [0, 0.05) is 12.3 Å². The zero-order chi connectivity index (χ0) is 11.1. The average molecular weight is 233 g/mol. The Hall–Kier alpha value is -0.0900. The standard InChI is InChI=1S/C11H23NO2S/c1-2-9-15(13,14)10-8-12-7-3-4-11-5-6-11/h11-12H,2-10H2,1H3. The second kappa shape index (κ2) is 6.48. The number of sulfone groups is 1. The van der Waals surface area contributed by atoms with Crippen LogP contribution in [0, 0.1) is 5.92 Å². The summed E-state index contributed by atoms with van der Waals surface area (Å²) in [5.41, 5.74) is 0. The molecule has 0 bridgehead atoms. The molecule has 0 unspecified atom stereocenters. The van der Waals surface area contributed by atoms with Crippen molar-refractivity contribution >= 4 is 9.84 Å². The third-order valence-electron chi connectivity index (χ3n) is 2.77. The number of hydrogen-bond donors (Lipinski definition) is 1. The molecule has 1 fully saturated rings. The van der Waals surface area contributed by atoms with Gasteiger partial charge in [0.15, 0.2) is 9.84 Å². The normalized spacial score (nSPS) is 16.9. The summed E-state index contributed by atoms with van der Waals surface area (Å²) in [7, 11) is -2.79. The van der Waals surface area contributed by atoms with Crippen molar-refractivity contribution in [1.82, 2.24) is 5.32 Å². The highest BCUT2D eigenvalue weighted by molar-refractivity contribution is 7.91. The van der Waals surface area contributed by atoms with Crippen LogP contribution in [0.2, 0.25) is 0 Å². The van der Waals surface area contributed by atoms with E-state index in [9.17, 15) is 8.42 Å². The third kappa shape index (κ3) is 6.90. The third-order valence-corrected chi connectivity index (χ3v) is 4.62. The van der Waals surface area contributed by atoms with Crippen molar-refractivity contribution in [2.75, 3.05) is 24.6 Å². The average Bonchev–Trinajstić information content (AvgIpc) is 2.94. The summed E-state index contributed by atoms with van der Waals surface area (Å²) < 4.78 is 22.7. The van der Waals surface area contributed by atoms with Crippen LogP contribution in [0.3, 0.4) is 0 Å². The lowest BCUT2D eigenvalue weighted by atomic mass is 10.2. The number of rotatable bonds is 9. The first kappa shape index (κ1) is 13.0. The van der Waals surface area contributed by atoms with Gasteiger partial charge in [0.05, 0.1) is 5.75 Å². The largest absolute Gasteiger partial charge is 0.316 e.